The minimum absolute atomic E-state index is 0.325. The van der Waals surface area contributed by atoms with Crippen molar-refractivity contribution in [2.75, 3.05) is 24.6 Å². The van der Waals surface area contributed by atoms with Crippen molar-refractivity contribution in [1.82, 2.24) is 9.97 Å². The molecule has 1 atom stereocenters. The molecule has 0 bridgehead atoms. The molecule has 1 aromatic carbocycles. The van der Waals surface area contributed by atoms with E-state index >= 15 is 0 Å². The van der Waals surface area contributed by atoms with Crippen LogP contribution in [0.4, 0.5) is 5.82 Å². The summed E-state index contributed by atoms with van der Waals surface area (Å²) in [6.07, 6.45) is 0. The maximum atomic E-state index is 6.17. The number of hydrogen-bond acceptors (Lipinski definition) is 5. The lowest BCUT2D eigenvalue weighted by Crippen LogP contribution is -2.48. The van der Waals surface area contributed by atoms with Gasteiger partial charge in [0, 0.05) is 6.54 Å². The number of anilines is 1. The van der Waals surface area contributed by atoms with Gasteiger partial charge in [-0.1, -0.05) is 30.3 Å². The van der Waals surface area contributed by atoms with Crippen LogP contribution in [-0.2, 0) is 10.3 Å². The first-order valence-electron chi connectivity index (χ1n) is 8.24. The standard InChI is InChI=1S/C19H21N3OS/c1-13-11-24-18-16(13)17(20-14(2)21-18)22-9-10-23-19(3,12-22)15-7-5-4-6-8-15/h4-8,11H,9-10,12H2,1-3H3. The quantitative estimate of drug-likeness (QED) is 0.706. The summed E-state index contributed by atoms with van der Waals surface area (Å²) >= 11 is 1.69. The number of rotatable bonds is 2. The molecule has 0 radical (unpaired) electrons. The second-order valence-corrected chi connectivity index (χ2v) is 7.42. The van der Waals surface area contributed by atoms with Crippen molar-refractivity contribution in [2.45, 2.75) is 26.4 Å². The third-order valence-electron chi connectivity index (χ3n) is 4.67. The summed E-state index contributed by atoms with van der Waals surface area (Å²) in [5.41, 5.74) is 2.13. The van der Waals surface area contributed by atoms with E-state index in [-0.39, 0.29) is 5.60 Å². The molecule has 1 aliphatic heterocycles. The van der Waals surface area contributed by atoms with Crippen LogP contribution in [0, 0.1) is 13.8 Å². The number of thiophene rings is 1. The Bertz CT molecular complexity index is 877. The minimum atomic E-state index is -0.325. The van der Waals surface area contributed by atoms with Crippen LogP contribution >= 0.6 is 11.3 Å². The Balaban J connectivity index is 1.76. The van der Waals surface area contributed by atoms with E-state index in [1.807, 2.05) is 13.0 Å². The molecule has 24 heavy (non-hydrogen) atoms. The monoisotopic (exact) mass is 339 g/mol. The molecule has 4 rings (SSSR count). The van der Waals surface area contributed by atoms with Crippen LogP contribution in [0.25, 0.3) is 10.2 Å². The zero-order chi connectivity index (χ0) is 16.7. The van der Waals surface area contributed by atoms with Gasteiger partial charge in [-0.25, -0.2) is 9.97 Å². The summed E-state index contributed by atoms with van der Waals surface area (Å²) in [4.78, 5) is 12.8. The summed E-state index contributed by atoms with van der Waals surface area (Å²) < 4.78 is 6.17. The van der Waals surface area contributed by atoms with E-state index in [4.69, 9.17) is 9.72 Å². The van der Waals surface area contributed by atoms with Crippen LogP contribution in [0.15, 0.2) is 35.7 Å². The fourth-order valence-corrected chi connectivity index (χ4v) is 4.37. The van der Waals surface area contributed by atoms with Crippen LogP contribution in [-0.4, -0.2) is 29.7 Å². The second-order valence-electron chi connectivity index (χ2n) is 6.56. The molecule has 2 aromatic heterocycles. The lowest BCUT2D eigenvalue weighted by atomic mass is 9.93. The molecule has 1 unspecified atom stereocenters. The van der Waals surface area contributed by atoms with Crippen molar-refractivity contribution in [2.24, 2.45) is 0 Å². The molecule has 0 aliphatic carbocycles. The molecule has 1 aliphatic rings. The van der Waals surface area contributed by atoms with E-state index in [9.17, 15) is 0 Å². The summed E-state index contributed by atoms with van der Waals surface area (Å²) in [6.45, 7) is 8.60. The predicted molar refractivity (Wildman–Crippen MR) is 98.8 cm³/mol. The Morgan fingerprint density at radius 1 is 1.17 bits per heavy atom. The maximum Gasteiger partial charge on any atom is 0.141 e. The van der Waals surface area contributed by atoms with Gasteiger partial charge in [0.2, 0.25) is 0 Å². The average molecular weight is 339 g/mol. The molecule has 4 nitrogen and oxygen atoms in total. The van der Waals surface area contributed by atoms with Crippen molar-refractivity contribution >= 4 is 27.4 Å². The molecule has 0 amide bonds. The summed E-state index contributed by atoms with van der Waals surface area (Å²) in [5.74, 6) is 1.87. The highest BCUT2D eigenvalue weighted by Crippen LogP contribution is 2.36. The van der Waals surface area contributed by atoms with Crippen molar-refractivity contribution in [1.29, 1.82) is 0 Å². The Kier molecular flexibility index (Phi) is 3.77. The molecular weight excluding hydrogens is 318 g/mol. The molecule has 1 fully saturated rings. The van der Waals surface area contributed by atoms with Gasteiger partial charge in [-0.2, -0.15) is 0 Å². The third kappa shape index (κ3) is 2.58. The van der Waals surface area contributed by atoms with Gasteiger partial charge in [-0.15, -0.1) is 11.3 Å². The molecule has 1 saturated heterocycles. The lowest BCUT2D eigenvalue weighted by molar-refractivity contribution is -0.0467. The molecule has 5 heteroatoms. The van der Waals surface area contributed by atoms with Crippen LogP contribution in [0.1, 0.15) is 23.9 Å². The fourth-order valence-electron chi connectivity index (χ4n) is 3.41. The number of aromatic nitrogens is 2. The first kappa shape index (κ1) is 15.5. The zero-order valence-corrected chi connectivity index (χ0v) is 15.1. The molecule has 0 N–H and O–H groups in total. The van der Waals surface area contributed by atoms with Crippen LogP contribution in [0.5, 0.6) is 0 Å². The van der Waals surface area contributed by atoms with Crippen LogP contribution in [0.2, 0.25) is 0 Å². The highest BCUT2D eigenvalue weighted by Gasteiger charge is 2.35. The van der Waals surface area contributed by atoms with Crippen LogP contribution in [0.3, 0.4) is 0 Å². The summed E-state index contributed by atoms with van der Waals surface area (Å²) in [5, 5.41) is 3.35. The van der Waals surface area contributed by atoms with Crippen molar-refractivity contribution in [3.63, 3.8) is 0 Å². The average Bonchev–Trinajstić information content (AvgIpc) is 2.96. The van der Waals surface area contributed by atoms with Gasteiger partial charge in [0.05, 0.1) is 18.5 Å². The van der Waals surface area contributed by atoms with Gasteiger partial charge < -0.3 is 9.64 Å². The van der Waals surface area contributed by atoms with E-state index < -0.39 is 0 Å². The SMILES string of the molecule is Cc1nc(N2CCOC(C)(c3ccccc3)C2)c2c(C)csc2n1. The first-order chi connectivity index (χ1) is 11.6. The van der Waals surface area contributed by atoms with E-state index in [0.29, 0.717) is 6.61 Å². The van der Waals surface area contributed by atoms with Gasteiger partial charge in [-0.05, 0) is 37.3 Å². The Labute approximate surface area is 146 Å². The molecule has 0 saturated carbocycles. The molecule has 3 aromatic rings. The largest absolute Gasteiger partial charge is 0.367 e. The van der Waals surface area contributed by atoms with Crippen molar-refractivity contribution in [3.8, 4) is 0 Å². The number of ether oxygens (including phenoxy) is 1. The number of hydrogen-bond donors (Lipinski definition) is 0. The Morgan fingerprint density at radius 3 is 2.75 bits per heavy atom. The fraction of sp³-hybridized carbons (Fsp3) is 0.368. The topological polar surface area (TPSA) is 38.2 Å². The first-order valence-corrected chi connectivity index (χ1v) is 9.12. The van der Waals surface area contributed by atoms with Gasteiger partial charge in [0.15, 0.2) is 0 Å². The Hall–Kier alpha value is -1.98. The van der Waals surface area contributed by atoms with Crippen molar-refractivity contribution in [3.05, 3.63) is 52.7 Å². The molecule has 0 spiro atoms. The summed E-state index contributed by atoms with van der Waals surface area (Å²) in [6, 6.07) is 10.5. The van der Waals surface area contributed by atoms with Crippen LogP contribution < -0.4 is 4.90 Å². The number of fused-ring (bicyclic) bond motifs is 1. The highest BCUT2D eigenvalue weighted by atomic mass is 32.1. The van der Waals surface area contributed by atoms with Crippen molar-refractivity contribution < 1.29 is 4.74 Å². The van der Waals surface area contributed by atoms with Gasteiger partial charge in [0.1, 0.15) is 22.1 Å². The number of benzene rings is 1. The van der Waals surface area contributed by atoms with E-state index in [1.165, 1.54) is 16.5 Å². The normalized spacial score (nSPS) is 21.4. The molecule has 124 valence electrons. The summed E-state index contributed by atoms with van der Waals surface area (Å²) in [7, 11) is 0. The molecule has 3 heterocycles. The predicted octanol–water partition coefficient (Wildman–Crippen LogP) is 4.06. The number of morpholine rings is 1. The zero-order valence-electron chi connectivity index (χ0n) is 14.2. The smallest absolute Gasteiger partial charge is 0.141 e. The van der Waals surface area contributed by atoms with E-state index in [2.05, 4.69) is 53.4 Å². The van der Waals surface area contributed by atoms with E-state index in [0.717, 1.165) is 29.6 Å². The maximum absolute atomic E-state index is 6.17. The molecular formula is C19H21N3OS. The highest BCUT2D eigenvalue weighted by molar-refractivity contribution is 7.17. The van der Waals surface area contributed by atoms with Gasteiger partial charge >= 0.3 is 0 Å². The van der Waals surface area contributed by atoms with Gasteiger partial charge in [0.25, 0.3) is 0 Å². The minimum Gasteiger partial charge on any atom is -0.367 e. The Morgan fingerprint density at radius 2 is 1.96 bits per heavy atom. The number of aryl methyl sites for hydroxylation is 2. The second kappa shape index (κ2) is 5.83. The van der Waals surface area contributed by atoms with E-state index in [1.54, 1.807) is 11.3 Å². The number of nitrogens with zero attached hydrogens (tertiary/aromatic N) is 3. The lowest BCUT2D eigenvalue weighted by Gasteiger charge is -2.41. The van der Waals surface area contributed by atoms with Gasteiger partial charge in [-0.3, -0.25) is 0 Å². The third-order valence-corrected chi connectivity index (χ3v) is 5.66.